The molecule has 0 bridgehead atoms. The molecule has 4 nitrogen and oxygen atoms in total. The molecule has 3 aromatic rings. The zero-order valence-electron chi connectivity index (χ0n) is 15.2. The van der Waals surface area contributed by atoms with Gasteiger partial charge in [-0.15, -0.1) is 11.3 Å². The molecule has 1 N–H and O–H groups in total. The number of sulfone groups is 1. The SMILES string of the molecule is O=C(NC[C@@H](c1cccs1)S(=O)(=O)c1ccc(F)cc1)c1ccc(C(F)(F)F)cc1. The summed E-state index contributed by atoms with van der Waals surface area (Å²) in [4.78, 5) is 12.7. The van der Waals surface area contributed by atoms with Crippen molar-refractivity contribution in [1.29, 1.82) is 0 Å². The van der Waals surface area contributed by atoms with E-state index in [-0.39, 0.29) is 17.0 Å². The number of carbonyl (C=O) groups excluding carboxylic acids is 1. The molecule has 1 atom stereocenters. The van der Waals surface area contributed by atoms with Crippen molar-refractivity contribution in [2.75, 3.05) is 6.54 Å². The van der Waals surface area contributed by atoms with Gasteiger partial charge in [0, 0.05) is 17.0 Å². The molecule has 0 aliphatic rings. The van der Waals surface area contributed by atoms with Gasteiger partial charge in [-0.1, -0.05) is 6.07 Å². The molecule has 2 aromatic carbocycles. The topological polar surface area (TPSA) is 63.2 Å². The van der Waals surface area contributed by atoms with E-state index in [1.165, 1.54) is 11.3 Å². The van der Waals surface area contributed by atoms with Crippen molar-refractivity contribution in [2.24, 2.45) is 0 Å². The second-order valence-electron chi connectivity index (χ2n) is 6.29. The van der Waals surface area contributed by atoms with E-state index in [0.29, 0.717) is 4.88 Å². The minimum absolute atomic E-state index is 0.0351. The van der Waals surface area contributed by atoms with Gasteiger partial charge in [0.2, 0.25) is 0 Å². The molecule has 0 aliphatic carbocycles. The van der Waals surface area contributed by atoms with E-state index in [1.54, 1.807) is 17.5 Å². The summed E-state index contributed by atoms with van der Waals surface area (Å²) in [5.74, 6) is -1.29. The van der Waals surface area contributed by atoms with Crippen LogP contribution in [0.5, 0.6) is 0 Å². The maximum Gasteiger partial charge on any atom is 0.416 e. The second kappa shape index (κ2) is 8.57. The van der Waals surface area contributed by atoms with E-state index >= 15 is 0 Å². The fraction of sp³-hybridized carbons (Fsp3) is 0.150. The van der Waals surface area contributed by atoms with Crippen molar-refractivity contribution in [3.05, 3.63) is 87.9 Å². The highest BCUT2D eigenvalue weighted by molar-refractivity contribution is 7.91. The van der Waals surface area contributed by atoms with Crippen molar-refractivity contribution < 1.29 is 30.8 Å². The van der Waals surface area contributed by atoms with E-state index < -0.39 is 38.6 Å². The van der Waals surface area contributed by atoms with Gasteiger partial charge in [-0.25, -0.2) is 12.8 Å². The smallest absolute Gasteiger partial charge is 0.350 e. The van der Waals surface area contributed by atoms with Gasteiger partial charge < -0.3 is 5.32 Å². The van der Waals surface area contributed by atoms with Gasteiger partial charge in [-0.3, -0.25) is 4.79 Å². The molecule has 1 amide bonds. The molecule has 0 saturated carbocycles. The lowest BCUT2D eigenvalue weighted by Gasteiger charge is -2.17. The lowest BCUT2D eigenvalue weighted by molar-refractivity contribution is -0.137. The van der Waals surface area contributed by atoms with E-state index in [4.69, 9.17) is 0 Å². The Balaban J connectivity index is 1.81. The van der Waals surface area contributed by atoms with Crippen LogP contribution in [0.2, 0.25) is 0 Å². The highest BCUT2D eigenvalue weighted by atomic mass is 32.2. The Morgan fingerprint density at radius 2 is 1.63 bits per heavy atom. The number of hydrogen-bond donors (Lipinski definition) is 1. The first-order valence-electron chi connectivity index (χ1n) is 8.57. The minimum Gasteiger partial charge on any atom is -0.350 e. The van der Waals surface area contributed by atoms with Crippen LogP contribution in [-0.4, -0.2) is 20.9 Å². The van der Waals surface area contributed by atoms with E-state index in [2.05, 4.69) is 5.32 Å². The monoisotopic (exact) mass is 457 g/mol. The summed E-state index contributed by atoms with van der Waals surface area (Å²) in [6.07, 6.45) is -4.53. The number of nitrogens with one attached hydrogen (secondary N) is 1. The third kappa shape index (κ3) is 4.88. The quantitative estimate of drug-likeness (QED) is 0.425. The molecule has 30 heavy (non-hydrogen) atoms. The summed E-state index contributed by atoms with van der Waals surface area (Å²) in [6.45, 7) is -0.305. The Labute approximate surface area is 174 Å². The van der Waals surface area contributed by atoms with Gasteiger partial charge in [-0.05, 0) is 60.0 Å². The van der Waals surface area contributed by atoms with Gasteiger partial charge in [0.25, 0.3) is 5.91 Å². The van der Waals surface area contributed by atoms with Crippen LogP contribution in [0, 0.1) is 5.82 Å². The molecule has 1 aromatic heterocycles. The molecular weight excluding hydrogens is 442 g/mol. The van der Waals surface area contributed by atoms with Crippen molar-refractivity contribution >= 4 is 27.1 Å². The maximum absolute atomic E-state index is 13.2. The molecule has 0 radical (unpaired) electrons. The fourth-order valence-electron chi connectivity index (χ4n) is 2.72. The van der Waals surface area contributed by atoms with Gasteiger partial charge in [-0.2, -0.15) is 13.2 Å². The summed E-state index contributed by atoms with van der Waals surface area (Å²) < 4.78 is 77.3. The number of halogens is 4. The largest absolute Gasteiger partial charge is 0.416 e. The summed E-state index contributed by atoms with van der Waals surface area (Å²) in [5, 5.41) is 3.01. The summed E-state index contributed by atoms with van der Waals surface area (Å²) >= 11 is 1.18. The summed E-state index contributed by atoms with van der Waals surface area (Å²) in [5.41, 5.74) is -0.929. The standard InChI is InChI=1S/C20H15F4NO3S2/c21-15-7-9-16(10-8-15)30(27,28)18(17-2-1-11-29-17)12-25-19(26)13-3-5-14(6-4-13)20(22,23)24/h1-11,18H,12H2,(H,25,26)/t18-/m0/s1. The lowest BCUT2D eigenvalue weighted by Crippen LogP contribution is -2.31. The Kier molecular flexibility index (Phi) is 6.27. The maximum atomic E-state index is 13.2. The molecule has 0 saturated heterocycles. The molecular formula is C20H15F4NO3S2. The van der Waals surface area contributed by atoms with Crippen LogP contribution in [0.1, 0.15) is 26.0 Å². The second-order valence-corrected chi connectivity index (χ2v) is 9.40. The van der Waals surface area contributed by atoms with E-state index in [0.717, 1.165) is 48.5 Å². The normalized spacial score (nSPS) is 13.1. The van der Waals surface area contributed by atoms with Crippen molar-refractivity contribution in [1.82, 2.24) is 5.32 Å². The van der Waals surface area contributed by atoms with Gasteiger partial charge in [0.15, 0.2) is 9.84 Å². The zero-order valence-corrected chi connectivity index (χ0v) is 16.8. The van der Waals surface area contributed by atoms with Crippen molar-refractivity contribution in [3.8, 4) is 0 Å². The molecule has 0 fully saturated rings. The predicted octanol–water partition coefficient (Wildman–Crippen LogP) is 4.85. The van der Waals surface area contributed by atoms with Gasteiger partial charge in [0.05, 0.1) is 10.5 Å². The fourth-order valence-corrected chi connectivity index (χ4v) is 5.51. The number of alkyl halides is 3. The third-order valence-corrected chi connectivity index (χ3v) is 7.53. The summed E-state index contributed by atoms with van der Waals surface area (Å²) in [7, 11) is -3.96. The zero-order chi connectivity index (χ0) is 21.9. The van der Waals surface area contributed by atoms with Crippen LogP contribution in [-0.2, 0) is 16.0 Å². The Bertz CT molecular complexity index is 1110. The van der Waals surface area contributed by atoms with Crippen LogP contribution >= 0.6 is 11.3 Å². The number of rotatable bonds is 6. The molecule has 10 heteroatoms. The van der Waals surface area contributed by atoms with Crippen LogP contribution in [0.3, 0.4) is 0 Å². The first kappa shape index (κ1) is 22.0. The van der Waals surface area contributed by atoms with E-state index in [9.17, 15) is 30.8 Å². The van der Waals surface area contributed by atoms with Crippen molar-refractivity contribution in [2.45, 2.75) is 16.3 Å². The number of benzene rings is 2. The average Bonchev–Trinajstić information content (AvgIpc) is 3.22. The number of hydrogen-bond acceptors (Lipinski definition) is 4. The summed E-state index contributed by atoms with van der Waals surface area (Å²) in [6, 6.07) is 11.2. The number of thiophene rings is 1. The van der Waals surface area contributed by atoms with Gasteiger partial charge >= 0.3 is 6.18 Å². The molecule has 1 heterocycles. The number of amides is 1. The molecule has 0 aliphatic heterocycles. The molecule has 158 valence electrons. The van der Waals surface area contributed by atoms with E-state index in [1.807, 2.05) is 0 Å². The predicted molar refractivity (Wildman–Crippen MR) is 104 cm³/mol. The van der Waals surface area contributed by atoms with Crippen LogP contribution < -0.4 is 5.32 Å². The van der Waals surface area contributed by atoms with Crippen LogP contribution in [0.4, 0.5) is 17.6 Å². The van der Waals surface area contributed by atoms with Crippen LogP contribution in [0.25, 0.3) is 0 Å². The Morgan fingerprint density at radius 3 is 2.17 bits per heavy atom. The highest BCUT2D eigenvalue weighted by Gasteiger charge is 2.32. The Morgan fingerprint density at radius 1 is 1.00 bits per heavy atom. The molecule has 0 unspecified atom stereocenters. The minimum atomic E-state index is -4.53. The molecule has 0 spiro atoms. The highest BCUT2D eigenvalue weighted by Crippen LogP contribution is 2.32. The average molecular weight is 457 g/mol. The van der Waals surface area contributed by atoms with Gasteiger partial charge in [0.1, 0.15) is 11.1 Å². The first-order chi connectivity index (χ1) is 14.1. The third-order valence-electron chi connectivity index (χ3n) is 4.30. The Hall–Kier alpha value is -2.72. The first-order valence-corrected chi connectivity index (χ1v) is 11.0. The van der Waals surface area contributed by atoms with Crippen molar-refractivity contribution in [3.63, 3.8) is 0 Å². The van der Waals surface area contributed by atoms with Crippen LogP contribution in [0.15, 0.2) is 70.9 Å². The number of carbonyl (C=O) groups is 1. The molecule has 3 rings (SSSR count). The lowest BCUT2D eigenvalue weighted by atomic mass is 10.1.